The molecule has 0 aliphatic heterocycles. The molecule has 0 radical (unpaired) electrons. The summed E-state index contributed by atoms with van der Waals surface area (Å²) in [6.07, 6.45) is 0. The summed E-state index contributed by atoms with van der Waals surface area (Å²) >= 11 is 1.84. The highest BCUT2D eigenvalue weighted by molar-refractivity contribution is 7.25. The predicted molar refractivity (Wildman–Crippen MR) is 188 cm³/mol. The third-order valence-electron chi connectivity index (χ3n) is 8.62. The maximum Gasteiger partial charge on any atom is 0.138 e. The van der Waals surface area contributed by atoms with Crippen molar-refractivity contribution in [3.8, 4) is 39.3 Å². The van der Waals surface area contributed by atoms with E-state index in [4.69, 9.17) is 4.98 Å². The lowest BCUT2D eigenvalue weighted by molar-refractivity contribution is 1.08. The highest BCUT2D eigenvalue weighted by Gasteiger charge is 2.16. The van der Waals surface area contributed by atoms with E-state index >= 15 is 0 Å². The molecule has 0 spiro atoms. The summed E-state index contributed by atoms with van der Waals surface area (Å²) in [4.78, 5) is 5.28. The first kappa shape index (κ1) is 25.0. The van der Waals surface area contributed by atoms with E-state index in [9.17, 15) is 0 Å². The average Bonchev–Trinajstić information content (AvgIpc) is 3.63. The minimum Gasteiger partial charge on any atom is -0.294 e. The number of hydrogen-bond acceptors (Lipinski definition) is 2. The molecule has 3 aromatic heterocycles. The fourth-order valence-corrected chi connectivity index (χ4v) is 7.57. The average molecular weight is 579 g/mol. The molecule has 0 unspecified atom stereocenters. The molecule has 0 aliphatic carbocycles. The Morgan fingerprint density at radius 2 is 0.955 bits per heavy atom. The molecule has 3 heteroatoms. The predicted octanol–water partition coefficient (Wildman–Crippen LogP) is 11.5. The van der Waals surface area contributed by atoms with Crippen molar-refractivity contribution in [3.63, 3.8) is 0 Å². The largest absolute Gasteiger partial charge is 0.294 e. The molecule has 3 heterocycles. The zero-order valence-electron chi connectivity index (χ0n) is 23.8. The molecule has 9 aromatic rings. The van der Waals surface area contributed by atoms with Gasteiger partial charge in [0, 0.05) is 36.5 Å². The SMILES string of the molecule is c1ccc(-c2ccc3c(c2)c2cc(-c4ccccc4)ccc2n3-c2cccc(-c3ccc4sc5ccccc5c4c3)n2)cc1. The molecule has 0 atom stereocenters. The van der Waals surface area contributed by atoms with Crippen molar-refractivity contribution < 1.29 is 0 Å². The van der Waals surface area contributed by atoms with Crippen LogP contribution in [-0.2, 0) is 0 Å². The molecule has 206 valence electrons. The topological polar surface area (TPSA) is 17.8 Å². The van der Waals surface area contributed by atoms with E-state index in [1.807, 2.05) is 11.3 Å². The van der Waals surface area contributed by atoms with Crippen molar-refractivity contribution in [2.45, 2.75) is 0 Å². The lowest BCUT2D eigenvalue weighted by Crippen LogP contribution is -1.98. The Kier molecular flexibility index (Phi) is 5.71. The van der Waals surface area contributed by atoms with Gasteiger partial charge in [-0.05, 0) is 76.9 Å². The summed E-state index contributed by atoms with van der Waals surface area (Å²) in [6, 6.07) is 56.6. The standard InChI is InChI=1S/C41H26N2S/c1-3-10-27(11-4-1)29-18-21-37-33(24-29)34-25-30(28-12-5-2-6-13-28)19-22-38(34)43(37)41-17-9-15-36(42-41)31-20-23-40-35(26-31)32-14-7-8-16-39(32)44-40/h1-26H. The van der Waals surface area contributed by atoms with Crippen molar-refractivity contribution in [1.29, 1.82) is 0 Å². The Morgan fingerprint density at radius 1 is 0.386 bits per heavy atom. The highest BCUT2D eigenvalue weighted by atomic mass is 32.1. The molecule has 6 aromatic carbocycles. The molecule has 0 saturated carbocycles. The molecule has 0 fully saturated rings. The van der Waals surface area contributed by atoms with Crippen LogP contribution in [0.15, 0.2) is 158 Å². The number of thiophene rings is 1. The van der Waals surface area contributed by atoms with Crippen LogP contribution in [0.1, 0.15) is 0 Å². The lowest BCUT2D eigenvalue weighted by atomic mass is 10.0. The van der Waals surface area contributed by atoms with Crippen LogP contribution in [0.3, 0.4) is 0 Å². The van der Waals surface area contributed by atoms with E-state index in [-0.39, 0.29) is 0 Å². The van der Waals surface area contributed by atoms with E-state index in [1.54, 1.807) is 0 Å². The molecular weight excluding hydrogens is 553 g/mol. The van der Waals surface area contributed by atoms with Crippen LogP contribution in [0.2, 0.25) is 0 Å². The fraction of sp³-hybridized carbons (Fsp3) is 0. The van der Waals surface area contributed by atoms with Crippen molar-refractivity contribution in [2.75, 3.05) is 0 Å². The molecule has 2 nitrogen and oxygen atoms in total. The number of fused-ring (bicyclic) bond motifs is 6. The van der Waals surface area contributed by atoms with Crippen molar-refractivity contribution in [3.05, 3.63) is 158 Å². The minimum atomic E-state index is 0.915. The smallest absolute Gasteiger partial charge is 0.138 e. The van der Waals surface area contributed by atoms with Gasteiger partial charge >= 0.3 is 0 Å². The summed E-state index contributed by atoms with van der Waals surface area (Å²) in [6.45, 7) is 0. The van der Waals surface area contributed by atoms with Crippen molar-refractivity contribution in [2.24, 2.45) is 0 Å². The molecule has 0 amide bonds. The van der Waals surface area contributed by atoms with Crippen LogP contribution in [0.4, 0.5) is 0 Å². The highest BCUT2D eigenvalue weighted by Crippen LogP contribution is 2.38. The zero-order valence-corrected chi connectivity index (χ0v) is 24.6. The normalized spacial score (nSPS) is 11.6. The van der Waals surface area contributed by atoms with Crippen molar-refractivity contribution in [1.82, 2.24) is 9.55 Å². The number of aromatic nitrogens is 2. The van der Waals surface area contributed by atoms with Crippen LogP contribution in [0.25, 0.3) is 81.3 Å². The van der Waals surface area contributed by atoms with Crippen LogP contribution >= 0.6 is 11.3 Å². The number of nitrogens with zero attached hydrogens (tertiary/aromatic N) is 2. The molecule has 0 aliphatic rings. The summed E-state index contributed by atoms with van der Waals surface area (Å²) in [5, 5.41) is 5.03. The van der Waals surface area contributed by atoms with E-state index in [2.05, 4.69) is 162 Å². The third kappa shape index (κ3) is 4.05. The Bertz CT molecular complexity index is 2390. The van der Waals surface area contributed by atoms with E-state index in [0.29, 0.717) is 0 Å². The number of hydrogen-bond donors (Lipinski definition) is 0. The molecule has 44 heavy (non-hydrogen) atoms. The quantitative estimate of drug-likeness (QED) is 0.203. The summed E-state index contributed by atoms with van der Waals surface area (Å²) in [5.41, 5.74) is 9.23. The summed E-state index contributed by atoms with van der Waals surface area (Å²) < 4.78 is 4.93. The number of pyridine rings is 1. The second kappa shape index (κ2) is 10.0. The Labute approximate surface area is 259 Å². The Hall–Kier alpha value is -5.51. The van der Waals surface area contributed by atoms with Gasteiger partial charge in [-0.15, -0.1) is 11.3 Å². The Morgan fingerprint density at radius 3 is 1.64 bits per heavy atom. The van der Waals surface area contributed by atoms with Gasteiger partial charge in [-0.25, -0.2) is 4.98 Å². The molecular formula is C41H26N2S. The van der Waals surface area contributed by atoms with Gasteiger partial charge in [0.25, 0.3) is 0 Å². The maximum absolute atomic E-state index is 5.28. The summed E-state index contributed by atoms with van der Waals surface area (Å²) in [5.74, 6) is 0.915. The molecule has 0 bridgehead atoms. The van der Waals surface area contributed by atoms with Crippen LogP contribution in [0, 0.1) is 0 Å². The second-order valence-electron chi connectivity index (χ2n) is 11.2. The van der Waals surface area contributed by atoms with Gasteiger partial charge in [0.1, 0.15) is 5.82 Å². The molecule has 0 N–H and O–H groups in total. The van der Waals surface area contributed by atoms with E-state index in [0.717, 1.165) is 28.1 Å². The van der Waals surface area contributed by atoms with Gasteiger partial charge in [0.15, 0.2) is 0 Å². The van der Waals surface area contributed by atoms with Gasteiger partial charge in [-0.2, -0.15) is 0 Å². The van der Waals surface area contributed by atoms with Crippen LogP contribution in [-0.4, -0.2) is 9.55 Å². The first-order valence-electron chi connectivity index (χ1n) is 14.9. The third-order valence-corrected chi connectivity index (χ3v) is 9.77. The number of benzene rings is 6. The van der Waals surface area contributed by atoms with Crippen LogP contribution < -0.4 is 0 Å². The molecule has 0 saturated heterocycles. The Balaban J connectivity index is 1.25. The lowest BCUT2D eigenvalue weighted by Gasteiger charge is -2.10. The van der Waals surface area contributed by atoms with Gasteiger partial charge in [-0.3, -0.25) is 4.57 Å². The summed E-state index contributed by atoms with van der Waals surface area (Å²) in [7, 11) is 0. The van der Waals surface area contributed by atoms with Gasteiger partial charge in [-0.1, -0.05) is 103 Å². The van der Waals surface area contributed by atoms with E-state index in [1.165, 1.54) is 53.2 Å². The fourth-order valence-electron chi connectivity index (χ4n) is 6.48. The first-order chi connectivity index (χ1) is 21.8. The van der Waals surface area contributed by atoms with Gasteiger partial charge < -0.3 is 0 Å². The number of rotatable bonds is 4. The van der Waals surface area contributed by atoms with Gasteiger partial charge in [0.05, 0.1) is 16.7 Å². The molecule has 9 rings (SSSR count). The van der Waals surface area contributed by atoms with Gasteiger partial charge in [0.2, 0.25) is 0 Å². The maximum atomic E-state index is 5.28. The monoisotopic (exact) mass is 578 g/mol. The first-order valence-corrected chi connectivity index (χ1v) is 15.7. The van der Waals surface area contributed by atoms with Crippen molar-refractivity contribution >= 4 is 53.3 Å². The van der Waals surface area contributed by atoms with Crippen LogP contribution in [0.5, 0.6) is 0 Å². The minimum absolute atomic E-state index is 0.915. The second-order valence-corrected chi connectivity index (χ2v) is 12.3. The zero-order chi connectivity index (χ0) is 29.0. The van der Waals surface area contributed by atoms with E-state index < -0.39 is 0 Å².